The third-order valence-corrected chi connectivity index (χ3v) is 11.1. The van der Waals surface area contributed by atoms with Crippen molar-refractivity contribution in [3.05, 3.63) is 70.8 Å². The standard InChI is InChI=1S/C39H56N4O6/c44-37(45)34(31-11-14-40-22-31)10-2-1-3-17-43(25-29-8-4-6-27(18-29)20-35(38(46)47)32-12-15-41-23-32)26-30-9-5-7-28(19-30)21-36(39(48)49)33-13-16-42-24-33/h4-9,18-19,31-36,40-42H,1-3,10-17,20-26H2,(H,44,45)(H,46,47)(H,48,49). The fraction of sp³-hybridized carbons (Fsp3) is 0.615. The number of hydrogen-bond acceptors (Lipinski definition) is 7. The van der Waals surface area contributed by atoms with E-state index in [4.69, 9.17) is 0 Å². The van der Waals surface area contributed by atoms with Gasteiger partial charge in [-0.25, -0.2) is 0 Å². The Hall–Kier alpha value is -3.31. The second-order valence-corrected chi connectivity index (χ2v) is 14.7. The SMILES string of the molecule is O=C(O)C(CCCCCN(Cc1cccc(CC(C(=O)O)C2CCNC2)c1)Cc1cccc(CC(C(=O)O)C2CCNC2)c1)C1CCNC1. The summed E-state index contributed by atoms with van der Waals surface area (Å²) < 4.78 is 0. The average Bonchev–Trinajstić information content (AvgIpc) is 3.89. The number of aliphatic carboxylic acids is 3. The quantitative estimate of drug-likeness (QED) is 0.112. The lowest BCUT2D eigenvalue weighted by atomic mass is 9.86. The summed E-state index contributed by atoms with van der Waals surface area (Å²) in [5, 5.41) is 39.8. The molecule has 0 aliphatic carbocycles. The monoisotopic (exact) mass is 676 g/mol. The zero-order valence-corrected chi connectivity index (χ0v) is 28.8. The van der Waals surface area contributed by atoms with Gasteiger partial charge in [-0.3, -0.25) is 19.3 Å². The molecule has 0 saturated carbocycles. The fourth-order valence-electron chi connectivity index (χ4n) is 8.36. The molecular weight excluding hydrogens is 620 g/mol. The maximum absolute atomic E-state index is 12.2. The minimum absolute atomic E-state index is 0.140. The highest BCUT2D eigenvalue weighted by Gasteiger charge is 2.32. The van der Waals surface area contributed by atoms with Crippen molar-refractivity contribution in [2.75, 3.05) is 45.8 Å². The third-order valence-electron chi connectivity index (χ3n) is 11.1. The Morgan fingerprint density at radius 1 is 0.612 bits per heavy atom. The summed E-state index contributed by atoms with van der Waals surface area (Å²) in [7, 11) is 0. The summed E-state index contributed by atoms with van der Waals surface area (Å²) in [5.41, 5.74) is 4.37. The van der Waals surface area contributed by atoms with Crippen LogP contribution in [0.5, 0.6) is 0 Å². The first-order valence-corrected chi connectivity index (χ1v) is 18.5. The topological polar surface area (TPSA) is 151 Å². The molecule has 2 aromatic carbocycles. The number of carbonyl (C=O) groups is 3. The van der Waals surface area contributed by atoms with E-state index in [1.54, 1.807) is 0 Å². The maximum Gasteiger partial charge on any atom is 0.307 e. The average molecular weight is 677 g/mol. The molecule has 0 aromatic heterocycles. The summed E-state index contributed by atoms with van der Waals surface area (Å²) in [4.78, 5) is 38.7. The molecule has 0 radical (unpaired) electrons. The fourth-order valence-corrected chi connectivity index (χ4v) is 8.36. The van der Waals surface area contributed by atoms with Crippen LogP contribution in [-0.4, -0.2) is 83.9 Å². The van der Waals surface area contributed by atoms with E-state index in [0.717, 1.165) is 107 Å². The normalized spacial score (nSPS) is 22.7. The Labute approximate surface area is 291 Å². The number of unbranched alkanes of at least 4 members (excludes halogenated alkanes) is 2. The molecule has 0 amide bonds. The highest BCUT2D eigenvalue weighted by atomic mass is 16.4. The number of hydrogen-bond donors (Lipinski definition) is 6. The first kappa shape index (κ1) is 37.0. The van der Waals surface area contributed by atoms with Gasteiger partial charge >= 0.3 is 17.9 Å². The minimum Gasteiger partial charge on any atom is -0.481 e. The lowest BCUT2D eigenvalue weighted by molar-refractivity contribution is -0.144. The predicted molar refractivity (Wildman–Crippen MR) is 189 cm³/mol. The van der Waals surface area contributed by atoms with Crippen molar-refractivity contribution in [2.45, 2.75) is 70.9 Å². The van der Waals surface area contributed by atoms with Gasteiger partial charge in [-0.15, -0.1) is 0 Å². The number of nitrogens with one attached hydrogen (secondary N) is 3. The van der Waals surface area contributed by atoms with Gasteiger partial charge < -0.3 is 31.3 Å². The van der Waals surface area contributed by atoms with Gasteiger partial charge in [-0.2, -0.15) is 0 Å². The molecule has 6 N–H and O–H groups in total. The molecule has 3 aliphatic heterocycles. The molecule has 0 spiro atoms. The van der Waals surface area contributed by atoms with E-state index in [0.29, 0.717) is 32.4 Å². The van der Waals surface area contributed by atoms with Crippen LogP contribution in [0.1, 0.15) is 67.2 Å². The van der Waals surface area contributed by atoms with E-state index in [2.05, 4.69) is 45.1 Å². The van der Waals surface area contributed by atoms with Gasteiger partial charge in [0.2, 0.25) is 0 Å². The molecule has 3 saturated heterocycles. The van der Waals surface area contributed by atoms with E-state index < -0.39 is 29.7 Å². The zero-order chi connectivity index (χ0) is 34.6. The van der Waals surface area contributed by atoms with Crippen molar-refractivity contribution in [1.29, 1.82) is 0 Å². The van der Waals surface area contributed by atoms with Gasteiger partial charge in [-0.1, -0.05) is 61.4 Å². The van der Waals surface area contributed by atoms with Crippen LogP contribution in [0.4, 0.5) is 0 Å². The molecular formula is C39H56N4O6. The predicted octanol–water partition coefficient (Wildman–Crippen LogP) is 4.27. The number of benzene rings is 2. The van der Waals surface area contributed by atoms with Gasteiger partial charge in [-0.05, 0) is 131 Å². The summed E-state index contributed by atoms with van der Waals surface area (Å²) in [6.45, 7) is 7.18. The van der Waals surface area contributed by atoms with Crippen LogP contribution in [-0.2, 0) is 40.3 Å². The number of carboxylic acids is 3. The van der Waals surface area contributed by atoms with Crippen LogP contribution in [0.3, 0.4) is 0 Å². The van der Waals surface area contributed by atoms with Crippen molar-refractivity contribution < 1.29 is 29.7 Å². The Morgan fingerprint density at radius 3 is 1.45 bits per heavy atom. The Bertz CT molecular complexity index is 1290. The van der Waals surface area contributed by atoms with Crippen LogP contribution in [0.2, 0.25) is 0 Å². The Balaban J connectivity index is 1.25. The molecule has 3 aliphatic rings. The van der Waals surface area contributed by atoms with Crippen molar-refractivity contribution in [3.8, 4) is 0 Å². The first-order valence-electron chi connectivity index (χ1n) is 18.5. The van der Waals surface area contributed by atoms with E-state index in [1.165, 1.54) is 0 Å². The molecule has 3 heterocycles. The van der Waals surface area contributed by atoms with Crippen LogP contribution in [0.25, 0.3) is 0 Å². The molecule has 268 valence electrons. The van der Waals surface area contributed by atoms with E-state index in [9.17, 15) is 29.7 Å². The lowest BCUT2D eigenvalue weighted by Crippen LogP contribution is -2.28. The third kappa shape index (κ3) is 11.1. The highest BCUT2D eigenvalue weighted by molar-refractivity contribution is 5.71. The molecule has 5 rings (SSSR count). The Kier molecular flexibility index (Phi) is 14.0. The van der Waals surface area contributed by atoms with Crippen LogP contribution in [0.15, 0.2) is 48.5 Å². The maximum atomic E-state index is 12.2. The van der Waals surface area contributed by atoms with Crippen LogP contribution in [0, 0.1) is 35.5 Å². The molecule has 0 bridgehead atoms. The van der Waals surface area contributed by atoms with E-state index in [1.807, 2.05) is 24.3 Å². The molecule has 6 unspecified atom stereocenters. The number of nitrogens with zero attached hydrogens (tertiary/aromatic N) is 1. The van der Waals surface area contributed by atoms with Crippen molar-refractivity contribution in [3.63, 3.8) is 0 Å². The van der Waals surface area contributed by atoms with Crippen molar-refractivity contribution >= 4 is 17.9 Å². The van der Waals surface area contributed by atoms with Crippen molar-refractivity contribution in [2.24, 2.45) is 35.5 Å². The first-order chi connectivity index (χ1) is 23.8. The molecule has 10 nitrogen and oxygen atoms in total. The van der Waals surface area contributed by atoms with Gasteiger partial charge in [0.05, 0.1) is 17.8 Å². The number of carboxylic acid groups (broad SMARTS) is 3. The van der Waals surface area contributed by atoms with E-state index >= 15 is 0 Å². The van der Waals surface area contributed by atoms with Gasteiger partial charge in [0.1, 0.15) is 0 Å². The second-order valence-electron chi connectivity index (χ2n) is 14.7. The summed E-state index contributed by atoms with van der Waals surface area (Å²) in [5.74, 6) is -2.76. The molecule has 49 heavy (non-hydrogen) atoms. The van der Waals surface area contributed by atoms with Crippen LogP contribution >= 0.6 is 0 Å². The highest BCUT2D eigenvalue weighted by Crippen LogP contribution is 2.27. The Morgan fingerprint density at radius 2 is 1.04 bits per heavy atom. The minimum atomic E-state index is -0.732. The summed E-state index contributed by atoms with van der Waals surface area (Å²) in [6, 6.07) is 16.7. The van der Waals surface area contributed by atoms with Gasteiger partial charge in [0.15, 0.2) is 0 Å². The molecule has 10 heteroatoms. The molecule has 6 atom stereocenters. The van der Waals surface area contributed by atoms with Gasteiger partial charge in [0, 0.05) is 13.1 Å². The summed E-state index contributed by atoms with van der Waals surface area (Å²) >= 11 is 0. The van der Waals surface area contributed by atoms with E-state index in [-0.39, 0.29) is 23.7 Å². The second kappa shape index (κ2) is 18.6. The largest absolute Gasteiger partial charge is 0.481 e. The number of rotatable bonds is 20. The zero-order valence-electron chi connectivity index (χ0n) is 28.8. The van der Waals surface area contributed by atoms with Crippen molar-refractivity contribution in [1.82, 2.24) is 20.9 Å². The lowest BCUT2D eigenvalue weighted by Gasteiger charge is -2.24. The summed E-state index contributed by atoms with van der Waals surface area (Å²) in [6.07, 6.45) is 7.21. The van der Waals surface area contributed by atoms with Crippen LogP contribution < -0.4 is 16.0 Å². The smallest absolute Gasteiger partial charge is 0.307 e. The van der Waals surface area contributed by atoms with Gasteiger partial charge in [0.25, 0.3) is 0 Å². The molecule has 3 fully saturated rings. The molecule has 2 aromatic rings.